The first kappa shape index (κ1) is 25.4. The van der Waals surface area contributed by atoms with Crippen LogP contribution in [0.15, 0.2) is 88.1 Å². The molecule has 0 spiro atoms. The Morgan fingerprint density at radius 3 is 2.38 bits per heavy atom. The minimum atomic E-state index is -0.465. The van der Waals surface area contributed by atoms with Crippen LogP contribution in [-0.4, -0.2) is 55.5 Å². The highest BCUT2D eigenvalue weighted by Gasteiger charge is 2.34. The van der Waals surface area contributed by atoms with E-state index in [1.165, 1.54) is 29.0 Å². The fourth-order valence-electron chi connectivity index (χ4n) is 5.28. The van der Waals surface area contributed by atoms with Gasteiger partial charge in [0.05, 0.1) is 35.4 Å². The number of benzene rings is 2. The Kier molecular flexibility index (Phi) is 6.83. The average molecular weight is 540 g/mol. The van der Waals surface area contributed by atoms with Crippen LogP contribution in [-0.2, 0) is 0 Å². The maximum atomic E-state index is 13.4. The number of likely N-dealkylation sites (N-methyl/N-ethyl adjacent to an activating group) is 1. The summed E-state index contributed by atoms with van der Waals surface area (Å²) in [6.45, 7) is 4.30. The molecule has 4 aromatic rings. The highest BCUT2D eigenvalue weighted by atomic mass is 16.6. The van der Waals surface area contributed by atoms with Gasteiger partial charge in [-0.2, -0.15) is 0 Å². The molecule has 2 aliphatic rings. The second-order valence-corrected chi connectivity index (χ2v) is 9.97. The lowest BCUT2D eigenvalue weighted by atomic mass is 10.0. The van der Waals surface area contributed by atoms with E-state index < -0.39 is 4.92 Å². The fourth-order valence-corrected chi connectivity index (χ4v) is 5.28. The Morgan fingerprint density at radius 1 is 0.925 bits per heavy atom. The second-order valence-electron chi connectivity index (χ2n) is 9.97. The van der Waals surface area contributed by atoms with Gasteiger partial charge in [0.25, 0.3) is 11.6 Å². The smallest absolute Gasteiger partial charge is 0.294 e. The van der Waals surface area contributed by atoms with E-state index in [1.807, 2.05) is 18.2 Å². The van der Waals surface area contributed by atoms with Gasteiger partial charge in [-0.15, -0.1) is 0 Å². The topological polar surface area (TPSA) is 108 Å². The van der Waals surface area contributed by atoms with Gasteiger partial charge < -0.3 is 28.9 Å². The number of fused-ring (bicyclic) bond motifs is 1. The van der Waals surface area contributed by atoms with Crippen molar-refractivity contribution in [1.82, 2.24) is 4.90 Å². The molecule has 0 bridgehead atoms. The molecule has 0 radical (unpaired) electrons. The van der Waals surface area contributed by atoms with E-state index in [0.29, 0.717) is 22.7 Å². The molecule has 0 aliphatic carbocycles. The van der Waals surface area contributed by atoms with E-state index >= 15 is 0 Å². The summed E-state index contributed by atoms with van der Waals surface area (Å²) >= 11 is 0. The minimum absolute atomic E-state index is 0.0972. The number of nitrogens with zero attached hydrogens (tertiary/aromatic N) is 4. The number of nitro benzene ring substituents is 1. The fraction of sp³-hybridized carbons (Fsp3) is 0.233. The summed E-state index contributed by atoms with van der Waals surface area (Å²) in [7, 11) is 2.16. The molecule has 1 fully saturated rings. The molecule has 4 heterocycles. The number of non-ortho nitro benzene ring substituents is 1. The highest BCUT2D eigenvalue weighted by Crippen LogP contribution is 2.42. The van der Waals surface area contributed by atoms with E-state index in [0.717, 1.165) is 43.9 Å². The second kappa shape index (κ2) is 10.7. The molecule has 10 nitrogen and oxygen atoms in total. The monoisotopic (exact) mass is 539 g/mol. The maximum Gasteiger partial charge on any atom is 0.294 e. The van der Waals surface area contributed by atoms with Crippen LogP contribution in [0.5, 0.6) is 0 Å². The van der Waals surface area contributed by atoms with Crippen LogP contribution in [0.2, 0.25) is 0 Å². The standard InChI is InChI=1S/C30H29N5O5/c1-32-13-4-14-33(16-15-32)22-9-7-21(8-10-22)31-29(27-5-2-17-39-27)25-20-34(30(36)28-6-3-18-40-28)26-19-23(35(37)38)11-12-24(25)26/h2-3,5-12,17-19,31H,4,13-16,20H2,1H3/b29-25+. The minimum Gasteiger partial charge on any atom is -0.463 e. The zero-order valence-electron chi connectivity index (χ0n) is 22.1. The van der Waals surface area contributed by atoms with Gasteiger partial charge in [-0.25, -0.2) is 0 Å². The first-order chi connectivity index (χ1) is 19.5. The Balaban J connectivity index is 1.37. The Bertz CT molecular complexity index is 1540. The molecule has 2 aromatic heterocycles. The maximum absolute atomic E-state index is 13.4. The summed E-state index contributed by atoms with van der Waals surface area (Å²) < 4.78 is 11.2. The van der Waals surface area contributed by atoms with Crippen molar-refractivity contribution in [3.8, 4) is 0 Å². The van der Waals surface area contributed by atoms with Crippen molar-refractivity contribution >= 4 is 39.9 Å². The largest absolute Gasteiger partial charge is 0.463 e. The number of nitro groups is 1. The molecule has 2 aromatic carbocycles. The molecular weight excluding hydrogens is 510 g/mol. The number of carbonyl (C=O) groups excluding carboxylic acids is 1. The van der Waals surface area contributed by atoms with E-state index in [-0.39, 0.29) is 23.9 Å². The van der Waals surface area contributed by atoms with Gasteiger partial charge in [0.2, 0.25) is 0 Å². The quantitative estimate of drug-likeness (QED) is 0.251. The summed E-state index contributed by atoms with van der Waals surface area (Å²) in [5, 5.41) is 15.1. The summed E-state index contributed by atoms with van der Waals surface area (Å²) in [5.41, 5.74) is 4.53. The SMILES string of the molecule is CN1CCCN(c2ccc(N/C(=C3\CN(C(=O)c4ccco4)c4cc([N+](=O)[O-])ccc43)c3ccco3)cc2)CC1. The summed E-state index contributed by atoms with van der Waals surface area (Å²) in [4.78, 5) is 30.7. The van der Waals surface area contributed by atoms with Crippen molar-refractivity contribution < 1.29 is 18.6 Å². The van der Waals surface area contributed by atoms with Gasteiger partial charge in [0.15, 0.2) is 5.76 Å². The highest BCUT2D eigenvalue weighted by molar-refractivity contribution is 6.13. The van der Waals surface area contributed by atoms with Crippen LogP contribution >= 0.6 is 0 Å². The third kappa shape index (κ3) is 4.96. The number of hydrogen-bond donors (Lipinski definition) is 1. The zero-order valence-corrected chi connectivity index (χ0v) is 22.1. The third-order valence-electron chi connectivity index (χ3n) is 7.39. The van der Waals surface area contributed by atoms with Crippen LogP contribution in [0.4, 0.5) is 22.7 Å². The molecule has 2 aliphatic heterocycles. The average Bonchev–Trinajstić information content (AvgIpc) is 3.73. The molecule has 204 valence electrons. The van der Waals surface area contributed by atoms with Gasteiger partial charge >= 0.3 is 0 Å². The number of rotatable bonds is 6. The van der Waals surface area contributed by atoms with Gasteiger partial charge in [-0.3, -0.25) is 14.9 Å². The molecule has 0 saturated carbocycles. The molecule has 40 heavy (non-hydrogen) atoms. The molecule has 0 atom stereocenters. The third-order valence-corrected chi connectivity index (χ3v) is 7.39. The number of anilines is 3. The van der Waals surface area contributed by atoms with Crippen molar-refractivity contribution in [2.45, 2.75) is 6.42 Å². The van der Waals surface area contributed by atoms with Crippen LogP contribution in [0.1, 0.15) is 28.3 Å². The van der Waals surface area contributed by atoms with Gasteiger partial charge in [-0.05, 0) is 74.6 Å². The normalized spacial score (nSPS) is 16.9. The number of hydrogen-bond acceptors (Lipinski definition) is 8. The van der Waals surface area contributed by atoms with Crippen molar-refractivity contribution in [3.63, 3.8) is 0 Å². The summed E-state index contributed by atoms with van der Waals surface area (Å²) in [6, 6.07) is 19.7. The Morgan fingerprint density at radius 2 is 1.68 bits per heavy atom. The van der Waals surface area contributed by atoms with Crippen molar-refractivity contribution in [3.05, 3.63) is 106 Å². The first-order valence-corrected chi connectivity index (χ1v) is 13.2. The van der Waals surface area contributed by atoms with E-state index in [2.05, 4.69) is 34.3 Å². The lowest BCUT2D eigenvalue weighted by molar-refractivity contribution is -0.384. The number of amides is 1. The predicted molar refractivity (Wildman–Crippen MR) is 153 cm³/mol. The lowest BCUT2D eigenvalue weighted by Crippen LogP contribution is -2.28. The van der Waals surface area contributed by atoms with Gasteiger partial charge in [-0.1, -0.05) is 0 Å². The summed E-state index contributed by atoms with van der Waals surface area (Å²) in [6.07, 6.45) is 4.14. The molecule has 1 N–H and O–H groups in total. The number of furan rings is 2. The number of carbonyl (C=O) groups is 1. The Hall–Kier alpha value is -4.83. The summed E-state index contributed by atoms with van der Waals surface area (Å²) in [5.74, 6) is 0.362. The molecule has 0 unspecified atom stereocenters. The Labute approximate surface area is 231 Å². The van der Waals surface area contributed by atoms with Gasteiger partial charge in [0, 0.05) is 54.3 Å². The molecule has 10 heteroatoms. The number of nitrogens with one attached hydrogen (secondary N) is 1. The van der Waals surface area contributed by atoms with Crippen LogP contribution in [0, 0.1) is 10.1 Å². The predicted octanol–water partition coefficient (Wildman–Crippen LogP) is 5.56. The van der Waals surface area contributed by atoms with E-state index in [9.17, 15) is 14.9 Å². The molecule has 6 rings (SSSR count). The van der Waals surface area contributed by atoms with Crippen LogP contribution < -0.4 is 15.1 Å². The first-order valence-electron chi connectivity index (χ1n) is 13.2. The van der Waals surface area contributed by atoms with Crippen molar-refractivity contribution in [1.29, 1.82) is 0 Å². The van der Waals surface area contributed by atoms with Gasteiger partial charge in [0.1, 0.15) is 5.76 Å². The molecule has 1 amide bonds. The molecule has 1 saturated heterocycles. The van der Waals surface area contributed by atoms with E-state index in [4.69, 9.17) is 8.83 Å². The van der Waals surface area contributed by atoms with Crippen molar-refractivity contribution in [2.75, 3.05) is 54.9 Å². The zero-order chi connectivity index (χ0) is 27.6. The lowest BCUT2D eigenvalue weighted by Gasteiger charge is -2.23. The van der Waals surface area contributed by atoms with Crippen LogP contribution in [0.25, 0.3) is 11.3 Å². The molecular formula is C30H29N5O5. The van der Waals surface area contributed by atoms with E-state index in [1.54, 1.807) is 30.5 Å². The van der Waals surface area contributed by atoms with Crippen molar-refractivity contribution in [2.24, 2.45) is 0 Å². The van der Waals surface area contributed by atoms with Crippen LogP contribution in [0.3, 0.4) is 0 Å².